The summed E-state index contributed by atoms with van der Waals surface area (Å²) in [6.45, 7) is 2.55. The molecular weight excluding hydrogens is 308 g/mol. The summed E-state index contributed by atoms with van der Waals surface area (Å²) < 4.78 is 0. The number of thiophene rings is 1. The molecular formula is C17H12N4OS. The molecule has 0 saturated carbocycles. The third kappa shape index (κ3) is 2.01. The first-order valence-corrected chi connectivity index (χ1v) is 8.10. The Morgan fingerprint density at radius 1 is 1.35 bits per heavy atom. The molecule has 3 heterocycles. The zero-order valence-electron chi connectivity index (χ0n) is 12.4. The molecule has 1 aromatic carbocycles. The number of azo groups is 1. The Labute approximate surface area is 137 Å². The van der Waals surface area contributed by atoms with Crippen LogP contribution in [0.5, 0.6) is 0 Å². The Bertz CT molecular complexity index is 919. The average molecular weight is 320 g/mol. The zero-order chi connectivity index (χ0) is 16.0. The number of benzene rings is 1. The second-order valence-electron chi connectivity index (χ2n) is 5.32. The Morgan fingerprint density at radius 2 is 2.22 bits per heavy atom. The highest BCUT2D eigenvalue weighted by Gasteiger charge is 2.37. The number of anilines is 1. The van der Waals surface area contributed by atoms with E-state index in [1.165, 1.54) is 11.3 Å². The largest absolute Gasteiger partial charge is 0.308 e. The van der Waals surface area contributed by atoms with Gasteiger partial charge in [-0.1, -0.05) is 12.1 Å². The van der Waals surface area contributed by atoms with Crippen molar-refractivity contribution in [1.29, 1.82) is 5.26 Å². The molecule has 0 saturated heterocycles. The highest BCUT2D eigenvalue weighted by molar-refractivity contribution is 7.16. The van der Waals surface area contributed by atoms with Crippen LogP contribution in [0.2, 0.25) is 0 Å². The molecule has 1 aromatic heterocycles. The van der Waals surface area contributed by atoms with E-state index >= 15 is 0 Å². The fraction of sp³-hybridized carbons (Fsp3) is 0.176. The number of fused-ring (bicyclic) bond motifs is 3. The Kier molecular flexibility index (Phi) is 3.10. The molecule has 1 amide bonds. The number of carbonyl (C=O) groups is 1. The minimum absolute atomic E-state index is 0.0314. The maximum atomic E-state index is 12.6. The maximum absolute atomic E-state index is 12.6. The molecule has 0 fully saturated rings. The van der Waals surface area contributed by atoms with Crippen LogP contribution in [0.3, 0.4) is 0 Å². The topological polar surface area (TPSA) is 68.8 Å². The van der Waals surface area contributed by atoms with Crippen molar-refractivity contribution in [1.82, 2.24) is 0 Å². The normalized spacial score (nSPS) is 18.4. The van der Waals surface area contributed by atoms with Gasteiger partial charge in [-0.25, -0.2) is 0 Å². The van der Waals surface area contributed by atoms with E-state index in [2.05, 4.69) is 16.3 Å². The van der Waals surface area contributed by atoms with Crippen molar-refractivity contribution in [2.75, 3.05) is 11.4 Å². The van der Waals surface area contributed by atoms with Crippen LogP contribution in [0.4, 0.5) is 5.69 Å². The summed E-state index contributed by atoms with van der Waals surface area (Å²) in [5.41, 5.74) is 3.52. The summed E-state index contributed by atoms with van der Waals surface area (Å²) in [4.78, 5) is 16.0. The summed E-state index contributed by atoms with van der Waals surface area (Å²) in [6, 6.07) is 11.7. The molecule has 2 aliphatic heterocycles. The highest BCUT2D eigenvalue weighted by atomic mass is 32.1. The molecule has 2 aliphatic rings. The van der Waals surface area contributed by atoms with E-state index in [9.17, 15) is 4.79 Å². The first kappa shape index (κ1) is 13.9. The lowest BCUT2D eigenvalue weighted by atomic mass is 9.91. The van der Waals surface area contributed by atoms with Crippen LogP contribution >= 0.6 is 11.3 Å². The predicted molar refractivity (Wildman–Crippen MR) is 88.2 cm³/mol. The van der Waals surface area contributed by atoms with Crippen LogP contribution in [-0.4, -0.2) is 12.5 Å². The van der Waals surface area contributed by atoms with Crippen molar-refractivity contribution < 1.29 is 4.79 Å². The van der Waals surface area contributed by atoms with E-state index in [1.807, 2.05) is 37.3 Å². The lowest BCUT2D eigenvalue weighted by Gasteiger charge is -2.31. The summed E-state index contributed by atoms with van der Waals surface area (Å²) in [5, 5.41) is 17.1. The molecule has 5 nitrogen and oxygen atoms in total. The van der Waals surface area contributed by atoms with Gasteiger partial charge in [0.1, 0.15) is 17.0 Å². The number of hydrogen-bond acceptors (Lipinski definition) is 5. The van der Waals surface area contributed by atoms with Crippen LogP contribution in [0.15, 0.2) is 52.3 Å². The minimum atomic E-state index is -0.285. The number of amides is 1. The van der Waals surface area contributed by atoms with Crippen molar-refractivity contribution in [2.24, 2.45) is 10.2 Å². The number of nitrogens with zero attached hydrogens (tertiary/aromatic N) is 4. The Morgan fingerprint density at radius 3 is 2.96 bits per heavy atom. The van der Waals surface area contributed by atoms with E-state index < -0.39 is 0 Å². The Balaban J connectivity index is 1.86. The van der Waals surface area contributed by atoms with Crippen molar-refractivity contribution in [3.05, 3.63) is 52.5 Å². The number of hydrogen-bond donors (Lipinski definition) is 0. The second kappa shape index (κ2) is 5.14. The van der Waals surface area contributed by atoms with Gasteiger partial charge in [-0.2, -0.15) is 15.5 Å². The van der Waals surface area contributed by atoms with Crippen LogP contribution in [0.25, 0.3) is 10.4 Å². The van der Waals surface area contributed by atoms with E-state index in [0.29, 0.717) is 17.0 Å². The van der Waals surface area contributed by atoms with Crippen LogP contribution in [0, 0.1) is 11.3 Å². The van der Waals surface area contributed by atoms with Gasteiger partial charge in [-0.3, -0.25) is 4.79 Å². The number of likely N-dealkylation sites (N-methyl/N-ethyl adjacent to an activating group) is 1. The predicted octanol–water partition coefficient (Wildman–Crippen LogP) is 4.04. The minimum Gasteiger partial charge on any atom is -0.308 e. The molecule has 2 aromatic rings. The molecule has 0 N–H and O–H groups in total. The van der Waals surface area contributed by atoms with Crippen molar-refractivity contribution in [3.63, 3.8) is 0 Å². The van der Waals surface area contributed by atoms with E-state index in [1.54, 1.807) is 11.1 Å². The van der Waals surface area contributed by atoms with Crippen molar-refractivity contribution >= 4 is 22.9 Å². The molecule has 0 aliphatic carbocycles. The van der Waals surface area contributed by atoms with Gasteiger partial charge >= 0.3 is 0 Å². The van der Waals surface area contributed by atoms with Crippen molar-refractivity contribution in [3.8, 4) is 16.5 Å². The van der Waals surface area contributed by atoms with Gasteiger partial charge in [0, 0.05) is 17.0 Å². The van der Waals surface area contributed by atoms with Crippen LogP contribution in [-0.2, 0) is 4.79 Å². The monoisotopic (exact) mass is 320 g/mol. The third-order valence-corrected chi connectivity index (χ3v) is 5.14. The van der Waals surface area contributed by atoms with Gasteiger partial charge in [-0.15, -0.1) is 11.3 Å². The maximum Gasteiger partial charge on any atom is 0.258 e. The summed E-state index contributed by atoms with van der Waals surface area (Å²) in [5.74, 6) is -0.0314. The zero-order valence-corrected chi connectivity index (χ0v) is 13.2. The molecule has 1 atom stereocenters. The number of carbonyl (C=O) groups excluding carboxylic acids is 1. The molecule has 1 unspecified atom stereocenters. The molecule has 23 heavy (non-hydrogen) atoms. The first-order valence-electron chi connectivity index (χ1n) is 7.29. The van der Waals surface area contributed by atoms with Gasteiger partial charge in [-0.05, 0) is 30.7 Å². The smallest absolute Gasteiger partial charge is 0.258 e. The standard InChI is InChI=1S/C17H12N4OS/c1-2-21-14-7-10(15-6-4-11(8-18)23-15)3-5-12(14)16-13(17(21)22)9-19-20-16/h3-7,9,16H,2H2,1H3. The van der Waals surface area contributed by atoms with E-state index in [0.717, 1.165) is 21.7 Å². The lowest BCUT2D eigenvalue weighted by Crippen LogP contribution is -2.37. The lowest BCUT2D eigenvalue weighted by molar-refractivity contribution is -0.115. The fourth-order valence-corrected chi connectivity index (χ4v) is 3.79. The average Bonchev–Trinajstić information content (AvgIpc) is 3.24. The van der Waals surface area contributed by atoms with Gasteiger partial charge < -0.3 is 4.90 Å². The summed E-state index contributed by atoms with van der Waals surface area (Å²) in [7, 11) is 0. The summed E-state index contributed by atoms with van der Waals surface area (Å²) in [6.07, 6.45) is 1.56. The van der Waals surface area contributed by atoms with Gasteiger partial charge in [0.2, 0.25) is 0 Å². The molecule has 0 bridgehead atoms. The molecule has 0 radical (unpaired) electrons. The number of rotatable bonds is 2. The molecule has 4 rings (SSSR count). The van der Waals surface area contributed by atoms with Gasteiger partial charge in [0.25, 0.3) is 5.91 Å². The van der Waals surface area contributed by atoms with Crippen LogP contribution < -0.4 is 4.90 Å². The van der Waals surface area contributed by atoms with Gasteiger partial charge in [0.05, 0.1) is 17.5 Å². The second-order valence-corrected chi connectivity index (χ2v) is 6.40. The Hall–Kier alpha value is -2.78. The van der Waals surface area contributed by atoms with E-state index in [4.69, 9.17) is 5.26 Å². The van der Waals surface area contributed by atoms with Crippen molar-refractivity contribution in [2.45, 2.75) is 13.0 Å². The van der Waals surface area contributed by atoms with E-state index in [-0.39, 0.29) is 11.9 Å². The quantitative estimate of drug-likeness (QED) is 0.837. The number of nitriles is 1. The SMILES string of the molecule is CCN1C(=O)C2=CN=NC2c2ccc(-c3ccc(C#N)s3)cc21. The molecule has 0 spiro atoms. The van der Waals surface area contributed by atoms with Crippen LogP contribution in [0.1, 0.15) is 23.4 Å². The molecule has 112 valence electrons. The third-order valence-electron chi connectivity index (χ3n) is 4.10. The van der Waals surface area contributed by atoms with Gasteiger partial charge in [0.15, 0.2) is 0 Å². The fourth-order valence-electron chi connectivity index (χ4n) is 2.99. The summed E-state index contributed by atoms with van der Waals surface area (Å²) >= 11 is 1.45. The first-order chi connectivity index (χ1) is 11.2. The molecule has 6 heteroatoms. The highest BCUT2D eigenvalue weighted by Crippen LogP contribution is 2.44.